The third kappa shape index (κ3) is 3.22. The number of pyridine rings is 1. The lowest BCUT2D eigenvalue weighted by atomic mass is 10.0. The predicted molar refractivity (Wildman–Crippen MR) is 78.5 cm³/mol. The average Bonchev–Trinajstić information content (AvgIpc) is 2.89. The number of nitrogens with one attached hydrogen (secondary N) is 1. The van der Waals surface area contributed by atoms with Crippen LogP contribution in [-0.2, 0) is 30.6 Å². The van der Waals surface area contributed by atoms with Crippen LogP contribution in [0.2, 0.25) is 0 Å². The highest BCUT2D eigenvalue weighted by molar-refractivity contribution is 7.11. The molecule has 2 aromatic rings. The molecule has 20 heavy (non-hydrogen) atoms. The van der Waals surface area contributed by atoms with Crippen LogP contribution in [0, 0.1) is 0 Å². The second kappa shape index (κ2) is 6.13. The zero-order valence-corrected chi connectivity index (χ0v) is 12.1. The zero-order valence-electron chi connectivity index (χ0n) is 11.3. The topological polar surface area (TPSA) is 54.9 Å². The first-order chi connectivity index (χ1) is 9.81. The minimum absolute atomic E-state index is 0.00290. The number of amides is 1. The third-order valence-electron chi connectivity index (χ3n) is 3.39. The first kappa shape index (κ1) is 13.2. The van der Waals surface area contributed by atoms with Gasteiger partial charge in [0.1, 0.15) is 5.01 Å². The number of aryl methyl sites for hydroxylation is 2. The molecule has 0 fully saturated rings. The Bertz CT molecular complexity index is 571. The molecule has 0 spiro atoms. The summed E-state index contributed by atoms with van der Waals surface area (Å²) in [6.07, 6.45) is 6.77. The van der Waals surface area contributed by atoms with Crippen LogP contribution in [0.1, 0.15) is 34.1 Å². The van der Waals surface area contributed by atoms with Crippen LogP contribution in [0.5, 0.6) is 0 Å². The summed E-state index contributed by atoms with van der Waals surface area (Å²) >= 11 is 1.74. The summed E-state index contributed by atoms with van der Waals surface area (Å²) in [5.41, 5.74) is 2.04. The van der Waals surface area contributed by atoms with Crippen molar-refractivity contribution in [3.8, 4) is 0 Å². The number of thiazole rings is 1. The molecule has 1 aliphatic rings. The van der Waals surface area contributed by atoms with Crippen molar-refractivity contribution in [2.45, 2.75) is 38.6 Å². The Morgan fingerprint density at radius 2 is 2.20 bits per heavy atom. The lowest BCUT2D eigenvalue weighted by Crippen LogP contribution is -2.24. The molecule has 3 rings (SSSR count). The highest BCUT2D eigenvalue weighted by Crippen LogP contribution is 2.26. The Kier molecular flexibility index (Phi) is 4.06. The van der Waals surface area contributed by atoms with Gasteiger partial charge in [-0.2, -0.15) is 0 Å². The summed E-state index contributed by atoms with van der Waals surface area (Å²) in [4.78, 5) is 22.0. The molecule has 1 aliphatic carbocycles. The monoisotopic (exact) mass is 287 g/mol. The predicted octanol–water partition coefficient (Wildman–Crippen LogP) is 2.28. The van der Waals surface area contributed by atoms with E-state index >= 15 is 0 Å². The Balaban J connectivity index is 1.54. The van der Waals surface area contributed by atoms with Crippen molar-refractivity contribution in [2.24, 2.45) is 0 Å². The van der Waals surface area contributed by atoms with Crippen LogP contribution in [0.4, 0.5) is 0 Å². The number of nitrogens with zero attached hydrogens (tertiary/aromatic N) is 2. The zero-order chi connectivity index (χ0) is 13.8. The summed E-state index contributed by atoms with van der Waals surface area (Å²) in [6.45, 7) is 0.531. The molecule has 4 nitrogen and oxygen atoms in total. The highest BCUT2D eigenvalue weighted by Gasteiger charge is 2.15. The largest absolute Gasteiger partial charge is 0.349 e. The minimum Gasteiger partial charge on any atom is -0.349 e. The average molecular weight is 287 g/mol. The van der Waals surface area contributed by atoms with Gasteiger partial charge in [0.05, 0.1) is 18.7 Å². The lowest BCUT2D eigenvalue weighted by molar-refractivity contribution is -0.120. The normalized spacial score (nSPS) is 13.8. The number of hydrogen-bond acceptors (Lipinski definition) is 4. The number of fused-ring (bicyclic) bond motifs is 1. The van der Waals surface area contributed by atoms with Gasteiger partial charge in [-0.15, -0.1) is 11.3 Å². The van der Waals surface area contributed by atoms with Crippen LogP contribution < -0.4 is 5.32 Å². The number of aromatic nitrogens is 2. The lowest BCUT2D eigenvalue weighted by Gasteiger charge is -2.06. The Morgan fingerprint density at radius 3 is 3.00 bits per heavy atom. The SMILES string of the molecule is O=C(Cc1ccccn1)NCc1nc2c(s1)CCCC2. The van der Waals surface area contributed by atoms with E-state index in [2.05, 4.69) is 15.3 Å². The smallest absolute Gasteiger partial charge is 0.226 e. The standard InChI is InChI=1S/C15H17N3OS/c19-14(9-11-5-3-4-8-16-11)17-10-15-18-12-6-1-2-7-13(12)20-15/h3-5,8H,1-2,6-7,9-10H2,(H,17,19). The molecular weight excluding hydrogens is 270 g/mol. The molecule has 5 heteroatoms. The van der Waals surface area contributed by atoms with E-state index in [1.165, 1.54) is 23.4 Å². The fourth-order valence-corrected chi connectivity index (χ4v) is 3.48. The van der Waals surface area contributed by atoms with Crippen LogP contribution in [0.25, 0.3) is 0 Å². The molecule has 1 amide bonds. The van der Waals surface area contributed by atoms with Gasteiger partial charge in [0.15, 0.2) is 0 Å². The molecule has 0 aliphatic heterocycles. The Labute approximate surface area is 122 Å². The molecule has 2 aromatic heterocycles. The summed E-state index contributed by atoms with van der Waals surface area (Å²) in [5, 5.41) is 3.95. The fourth-order valence-electron chi connectivity index (χ4n) is 2.38. The Hall–Kier alpha value is -1.75. The van der Waals surface area contributed by atoms with Gasteiger partial charge in [-0.25, -0.2) is 4.98 Å². The van der Waals surface area contributed by atoms with Crippen LogP contribution in [0.15, 0.2) is 24.4 Å². The molecule has 104 valence electrons. The van der Waals surface area contributed by atoms with E-state index in [0.717, 1.165) is 23.5 Å². The van der Waals surface area contributed by atoms with E-state index in [1.54, 1.807) is 17.5 Å². The van der Waals surface area contributed by atoms with E-state index in [9.17, 15) is 4.79 Å². The van der Waals surface area contributed by atoms with E-state index in [4.69, 9.17) is 0 Å². The van der Waals surface area contributed by atoms with Crippen molar-refractivity contribution in [3.05, 3.63) is 45.7 Å². The third-order valence-corrected chi connectivity index (χ3v) is 4.55. The van der Waals surface area contributed by atoms with Gasteiger partial charge in [-0.3, -0.25) is 9.78 Å². The second-order valence-corrected chi connectivity index (χ2v) is 6.13. The number of hydrogen-bond donors (Lipinski definition) is 1. The van der Waals surface area contributed by atoms with E-state index < -0.39 is 0 Å². The van der Waals surface area contributed by atoms with Crippen molar-refractivity contribution in [1.82, 2.24) is 15.3 Å². The van der Waals surface area contributed by atoms with Crippen LogP contribution >= 0.6 is 11.3 Å². The van der Waals surface area contributed by atoms with Gasteiger partial charge in [0.25, 0.3) is 0 Å². The van der Waals surface area contributed by atoms with Gasteiger partial charge < -0.3 is 5.32 Å². The molecule has 2 heterocycles. The summed E-state index contributed by atoms with van der Waals surface area (Å²) in [5.74, 6) is -0.00290. The van der Waals surface area contributed by atoms with Gasteiger partial charge >= 0.3 is 0 Å². The first-order valence-electron chi connectivity index (χ1n) is 6.95. The maximum absolute atomic E-state index is 11.9. The molecule has 0 radical (unpaired) electrons. The maximum Gasteiger partial charge on any atom is 0.226 e. The van der Waals surface area contributed by atoms with Gasteiger partial charge in [0.2, 0.25) is 5.91 Å². The van der Waals surface area contributed by atoms with Crippen molar-refractivity contribution in [2.75, 3.05) is 0 Å². The number of carbonyl (C=O) groups is 1. The van der Waals surface area contributed by atoms with Crippen molar-refractivity contribution in [1.29, 1.82) is 0 Å². The summed E-state index contributed by atoms with van der Waals surface area (Å²) < 4.78 is 0. The molecule has 0 saturated carbocycles. The van der Waals surface area contributed by atoms with Crippen molar-refractivity contribution < 1.29 is 4.79 Å². The number of rotatable bonds is 4. The Morgan fingerprint density at radius 1 is 1.30 bits per heavy atom. The van der Waals surface area contributed by atoms with E-state index in [1.807, 2.05) is 18.2 Å². The minimum atomic E-state index is -0.00290. The maximum atomic E-state index is 11.9. The van der Waals surface area contributed by atoms with Gasteiger partial charge in [0, 0.05) is 16.8 Å². The van der Waals surface area contributed by atoms with Crippen LogP contribution in [-0.4, -0.2) is 15.9 Å². The van der Waals surface area contributed by atoms with E-state index in [0.29, 0.717) is 13.0 Å². The fraction of sp³-hybridized carbons (Fsp3) is 0.400. The van der Waals surface area contributed by atoms with Crippen molar-refractivity contribution in [3.63, 3.8) is 0 Å². The summed E-state index contributed by atoms with van der Waals surface area (Å²) in [6, 6.07) is 5.60. The summed E-state index contributed by atoms with van der Waals surface area (Å²) in [7, 11) is 0. The first-order valence-corrected chi connectivity index (χ1v) is 7.77. The number of carbonyl (C=O) groups excluding carboxylic acids is 1. The van der Waals surface area contributed by atoms with Crippen molar-refractivity contribution >= 4 is 17.2 Å². The quantitative estimate of drug-likeness (QED) is 0.938. The van der Waals surface area contributed by atoms with Gasteiger partial charge in [-0.1, -0.05) is 6.07 Å². The second-order valence-electron chi connectivity index (χ2n) is 4.96. The molecule has 0 atom stereocenters. The van der Waals surface area contributed by atoms with E-state index in [-0.39, 0.29) is 5.91 Å². The molecule has 0 saturated heterocycles. The van der Waals surface area contributed by atoms with Gasteiger partial charge in [-0.05, 0) is 37.8 Å². The molecule has 0 unspecified atom stereocenters. The molecule has 0 aromatic carbocycles. The molecule has 0 bridgehead atoms. The molecule has 1 N–H and O–H groups in total. The molecular formula is C15H17N3OS. The highest BCUT2D eigenvalue weighted by atomic mass is 32.1. The van der Waals surface area contributed by atoms with Crippen LogP contribution in [0.3, 0.4) is 0 Å².